The maximum Gasteiger partial charge on any atom is 0.417 e. The van der Waals surface area contributed by atoms with Crippen LogP contribution in [-0.4, -0.2) is 18.5 Å². The molecule has 1 amide bonds. The molecule has 3 nitrogen and oxygen atoms in total. The standard InChI is InChI=1S/C11H10ClF3N2O/c12-10-7(11(13,14)15)2-1-3-8(10)17-5-6(16)4-9(17)18/h1-3,6H,4-5,16H2. The van der Waals surface area contributed by atoms with Gasteiger partial charge >= 0.3 is 6.18 Å². The summed E-state index contributed by atoms with van der Waals surface area (Å²) in [4.78, 5) is 12.8. The van der Waals surface area contributed by atoms with Gasteiger partial charge in [-0.3, -0.25) is 4.79 Å². The second-order valence-electron chi connectivity index (χ2n) is 4.10. The number of alkyl halides is 3. The van der Waals surface area contributed by atoms with Crippen molar-refractivity contribution in [2.24, 2.45) is 5.73 Å². The molecule has 0 aliphatic carbocycles. The quantitative estimate of drug-likeness (QED) is 0.857. The zero-order valence-corrected chi connectivity index (χ0v) is 9.92. The van der Waals surface area contributed by atoms with Crippen LogP contribution in [-0.2, 0) is 11.0 Å². The molecule has 1 atom stereocenters. The van der Waals surface area contributed by atoms with Gasteiger partial charge in [0.15, 0.2) is 0 Å². The number of nitrogens with two attached hydrogens (primary N) is 1. The maximum absolute atomic E-state index is 12.7. The Morgan fingerprint density at radius 3 is 2.56 bits per heavy atom. The van der Waals surface area contributed by atoms with Crippen LogP contribution in [0.15, 0.2) is 18.2 Å². The number of rotatable bonds is 1. The van der Waals surface area contributed by atoms with Gasteiger partial charge in [-0.15, -0.1) is 0 Å². The Morgan fingerprint density at radius 2 is 2.06 bits per heavy atom. The summed E-state index contributed by atoms with van der Waals surface area (Å²) in [6.07, 6.45) is -4.43. The smallest absolute Gasteiger partial charge is 0.326 e. The SMILES string of the molecule is NC1CC(=O)N(c2cccc(C(F)(F)F)c2Cl)C1. The lowest BCUT2D eigenvalue weighted by molar-refractivity contribution is -0.137. The number of nitrogens with zero attached hydrogens (tertiary/aromatic N) is 1. The van der Waals surface area contributed by atoms with Crippen molar-refractivity contribution in [3.05, 3.63) is 28.8 Å². The average Bonchev–Trinajstić information content (AvgIpc) is 2.56. The van der Waals surface area contributed by atoms with Gasteiger partial charge in [-0.2, -0.15) is 13.2 Å². The summed E-state index contributed by atoms with van der Waals surface area (Å²) in [6, 6.07) is 3.11. The number of hydrogen-bond donors (Lipinski definition) is 1. The summed E-state index contributed by atoms with van der Waals surface area (Å²) >= 11 is 5.73. The summed E-state index contributed by atoms with van der Waals surface area (Å²) in [5.41, 5.74) is 4.71. The van der Waals surface area contributed by atoms with E-state index in [0.29, 0.717) is 0 Å². The van der Waals surface area contributed by atoms with Crippen LogP contribution in [0, 0.1) is 0 Å². The second kappa shape index (κ2) is 4.44. The fraction of sp³-hybridized carbons (Fsp3) is 0.364. The molecule has 1 fully saturated rings. The summed E-state index contributed by atoms with van der Waals surface area (Å²) in [7, 11) is 0. The van der Waals surface area contributed by atoms with Gasteiger partial charge in [0.2, 0.25) is 5.91 Å². The molecular weight excluding hydrogens is 269 g/mol. The lowest BCUT2D eigenvalue weighted by Gasteiger charge is -2.20. The van der Waals surface area contributed by atoms with E-state index in [1.54, 1.807) is 0 Å². The molecule has 0 aromatic heterocycles. The van der Waals surface area contributed by atoms with Gasteiger partial charge in [-0.25, -0.2) is 0 Å². The number of amides is 1. The average molecular weight is 279 g/mol. The molecule has 0 radical (unpaired) electrons. The summed E-state index contributed by atoms with van der Waals surface area (Å²) < 4.78 is 38.0. The number of carbonyl (C=O) groups excluding carboxylic acids is 1. The Kier molecular flexibility index (Phi) is 3.25. The minimum Gasteiger partial charge on any atom is -0.326 e. The number of carbonyl (C=O) groups is 1. The van der Waals surface area contributed by atoms with E-state index in [1.807, 2.05) is 0 Å². The first-order valence-electron chi connectivity index (χ1n) is 5.22. The minimum atomic E-state index is -4.54. The van der Waals surface area contributed by atoms with Crippen molar-refractivity contribution >= 4 is 23.2 Å². The minimum absolute atomic E-state index is 0.0597. The van der Waals surface area contributed by atoms with Crippen molar-refractivity contribution in [1.82, 2.24) is 0 Å². The maximum atomic E-state index is 12.7. The van der Waals surface area contributed by atoms with Gasteiger partial charge in [0.1, 0.15) is 0 Å². The van der Waals surface area contributed by atoms with E-state index < -0.39 is 16.8 Å². The molecule has 1 aliphatic heterocycles. The topological polar surface area (TPSA) is 46.3 Å². The second-order valence-corrected chi connectivity index (χ2v) is 4.48. The lowest BCUT2D eigenvalue weighted by Crippen LogP contribution is -2.28. The first-order valence-corrected chi connectivity index (χ1v) is 5.60. The van der Waals surface area contributed by atoms with E-state index in [2.05, 4.69) is 0 Å². The molecule has 1 aliphatic rings. The van der Waals surface area contributed by atoms with E-state index in [-0.39, 0.29) is 30.6 Å². The normalized spacial score (nSPS) is 20.6. The highest BCUT2D eigenvalue weighted by atomic mass is 35.5. The Balaban J connectivity index is 2.44. The van der Waals surface area contributed by atoms with Gasteiger partial charge in [-0.1, -0.05) is 17.7 Å². The van der Waals surface area contributed by atoms with Crippen LogP contribution < -0.4 is 10.6 Å². The molecule has 1 aromatic rings. The van der Waals surface area contributed by atoms with Crippen LogP contribution in [0.1, 0.15) is 12.0 Å². The van der Waals surface area contributed by atoms with Crippen molar-refractivity contribution in [3.63, 3.8) is 0 Å². The highest BCUT2D eigenvalue weighted by molar-refractivity contribution is 6.34. The van der Waals surface area contributed by atoms with E-state index in [1.165, 1.54) is 17.0 Å². The molecule has 2 N–H and O–H groups in total. The van der Waals surface area contributed by atoms with Crippen molar-refractivity contribution in [3.8, 4) is 0 Å². The fourth-order valence-corrected chi connectivity index (χ4v) is 2.25. The third-order valence-corrected chi connectivity index (χ3v) is 3.13. The van der Waals surface area contributed by atoms with Crippen LogP contribution in [0.5, 0.6) is 0 Å². The van der Waals surface area contributed by atoms with E-state index in [4.69, 9.17) is 17.3 Å². The van der Waals surface area contributed by atoms with Gasteiger partial charge in [-0.05, 0) is 12.1 Å². The third-order valence-electron chi connectivity index (χ3n) is 2.73. The van der Waals surface area contributed by atoms with Crippen LogP contribution in [0.2, 0.25) is 5.02 Å². The zero-order valence-electron chi connectivity index (χ0n) is 9.17. The Hall–Kier alpha value is -1.27. The third kappa shape index (κ3) is 2.30. The first kappa shape index (κ1) is 13.2. The van der Waals surface area contributed by atoms with Crippen LogP contribution >= 0.6 is 11.6 Å². The summed E-state index contributed by atoms with van der Waals surface area (Å²) in [5, 5.41) is -0.465. The molecule has 1 saturated heterocycles. The zero-order chi connectivity index (χ0) is 13.5. The molecule has 0 bridgehead atoms. The van der Waals surface area contributed by atoms with Gasteiger partial charge in [0, 0.05) is 19.0 Å². The van der Waals surface area contributed by atoms with Crippen molar-refractivity contribution in [2.45, 2.75) is 18.6 Å². The molecule has 18 heavy (non-hydrogen) atoms. The first-order chi connectivity index (χ1) is 8.30. The number of benzene rings is 1. The van der Waals surface area contributed by atoms with Gasteiger partial charge in [0.05, 0.1) is 16.3 Å². The molecular formula is C11H10ClF3N2O. The fourth-order valence-electron chi connectivity index (χ4n) is 1.92. The van der Waals surface area contributed by atoms with E-state index >= 15 is 0 Å². The highest BCUT2D eigenvalue weighted by Gasteiger charge is 2.36. The molecule has 7 heteroatoms. The number of halogens is 4. The van der Waals surface area contributed by atoms with Crippen LogP contribution in [0.4, 0.5) is 18.9 Å². The van der Waals surface area contributed by atoms with Crippen molar-refractivity contribution in [1.29, 1.82) is 0 Å². The highest BCUT2D eigenvalue weighted by Crippen LogP contribution is 2.40. The predicted octanol–water partition coefficient (Wildman–Crippen LogP) is 2.42. The van der Waals surface area contributed by atoms with Crippen LogP contribution in [0.25, 0.3) is 0 Å². The number of hydrogen-bond acceptors (Lipinski definition) is 2. The van der Waals surface area contributed by atoms with Crippen LogP contribution in [0.3, 0.4) is 0 Å². The lowest BCUT2D eigenvalue weighted by atomic mass is 10.2. The Bertz CT molecular complexity index is 490. The molecule has 0 spiro atoms. The summed E-state index contributed by atoms with van der Waals surface area (Å²) in [6.45, 7) is 0.180. The van der Waals surface area contributed by atoms with E-state index in [9.17, 15) is 18.0 Å². The largest absolute Gasteiger partial charge is 0.417 e. The molecule has 1 unspecified atom stereocenters. The molecule has 1 heterocycles. The monoisotopic (exact) mass is 278 g/mol. The molecule has 2 rings (SSSR count). The van der Waals surface area contributed by atoms with Crippen molar-refractivity contribution in [2.75, 3.05) is 11.4 Å². The van der Waals surface area contributed by atoms with Crippen molar-refractivity contribution < 1.29 is 18.0 Å². The summed E-state index contributed by atoms with van der Waals surface area (Å²) in [5.74, 6) is -0.316. The molecule has 1 aromatic carbocycles. The van der Waals surface area contributed by atoms with Gasteiger partial charge in [0.25, 0.3) is 0 Å². The van der Waals surface area contributed by atoms with E-state index in [0.717, 1.165) is 6.07 Å². The Labute approximate surface area is 106 Å². The molecule has 98 valence electrons. The predicted molar refractivity (Wildman–Crippen MR) is 61.4 cm³/mol. The molecule has 0 saturated carbocycles. The number of anilines is 1. The van der Waals surface area contributed by atoms with Gasteiger partial charge < -0.3 is 10.6 Å². The Morgan fingerprint density at radius 1 is 1.39 bits per heavy atom.